The van der Waals surface area contributed by atoms with Gasteiger partial charge in [0, 0.05) is 18.3 Å². The molecule has 1 aromatic rings. The Bertz CT molecular complexity index is 690. The van der Waals surface area contributed by atoms with E-state index in [1.165, 1.54) is 50.5 Å². The molecule has 1 aliphatic carbocycles. The lowest BCUT2D eigenvalue weighted by molar-refractivity contribution is -0.117. The number of nitrogens with one attached hydrogen (secondary N) is 2. The number of nitriles is 1. The van der Waals surface area contributed by atoms with Gasteiger partial charge in [-0.25, -0.2) is 0 Å². The second-order valence-corrected chi connectivity index (χ2v) is 8.58. The molecule has 1 atom stereocenters. The first kappa shape index (κ1) is 24.0. The first-order valence-electron chi connectivity index (χ1n) is 11.9. The van der Waals surface area contributed by atoms with Crippen molar-refractivity contribution in [3.8, 4) is 6.07 Å². The molecule has 1 unspecified atom stereocenters. The molecule has 1 saturated carbocycles. The van der Waals surface area contributed by atoms with E-state index in [0.29, 0.717) is 0 Å². The molecule has 4 heteroatoms. The van der Waals surface area contributed by atoms with Crippen LogP contribution in [0.5, 0.6) is 0 Å². The number of carbonyl (C=O) groups is 1. The summed E-state index contributed by atoms with van der Waals surface area (Å²) in [4.78, 5) is 12.7. The van der Waals surface area contributed by atoms with Gasteiger partial charge < -0.3 is 10.6 Å². The maximum absolute atomic E-state index is 12.7. The smallest absolute Gasteiger partial charge is 0.263 e. The number of hydrogen-bond donors (Lipinski definition) is 2. The van der Waals surface area contributed by atoms with Crippen LogP contribution in [-0.4, -0.2) is 11.9 Å². The van der Waals surface area contributed by atoms with E-state index in [2.05, 4.69) is 47.9 Å². The van der Waals surface area contributed by atoms with Crippen molar-refractivity contribution in [1.82, 2.24) is 10.6 Å². The predicted molar refractivity (Wildman–Crippen MR) is 124 cm³/mol. The molecule has 0 heterocycles. The highest BCUT2D eigenvalue weighted by molar-refractivity contribution is 5.97. The van der Waals surface area contributed by atoms with Crippen LogP contribution in [0.4, 0.5) is 0 Å². The van der Waals surface area contributed by atoms with Crippen molar-refractivity contribution < 1.29 is 4.79 Å². The molecule has 0 aliphatic heterocycles. The molecular weight excluding hydrogens is 370 g/mol. The zero-order valence-corrected chi connectivity index (χ0v) is 18.9. The third-order valence-corrected chi connectivity index (χ3v) is 6.17. The Hall–Kier alpha value is -2.28. The number of rotatable bonds is 6. The first-order valence-corrected chi connectivity index (χ1v) is 11.9. The highest BCUT2D eigenvalue weighted by Gasteiger charge is 2.16. The van der Waals surface area contributed by atoms with Crippen molar-refractivity contribution in [3.05, 3.63) is 47.2 Å². The second-order valence-electron chi connectivity index (χ2n) is 8.58. The largest absolute Gasteiger partial charge is 0.383 e. The van der Waals surface area contributed by atoms with Crippen LogP contribution in [0.2, 0.25) is 0 Å². The molecule has 1 fully saturated rings. The number of hydrogen-bond acceptors (Lipinski definition) is 3. The molecule has 4 nitrogen and oxygen atoms in total. The van der Waals surface area contributed by atoms with Crippen LogP contribution in [0.15, 0.2) is 36.0 Å². The lowest BCUT2D eigenvalue weighted by atomic mass is 9.97. The normalized spacial score (nSPS) is 18.4. The Labute approximate surface area is 183 Å². The highest BCUT2D eigenvalue weighted by Crippen LogP contribution is 2.18. The van der Waals surface area contributed by atoms with Crippen LogP contribution >= 0.6 is 0 Å². The third kappa shape index (κ3) is 8.61. The number of benzene rings is 1. The summed E-state index contributed by atoms with van der Waals surface area (Å²) in [6.07, 6.45) is 16.0. The van der Waals surface area contributed by atoms with E-state index in [4.69, 9.17) is 0 Å². The Morgan fingerprint density at radius 1 is 1.03 bits per heavy atom. The molecule has 0 saturated heterocycles. The first-order chi connectivity index (χ1) is 14.6. The molecule has 164 valence electrons. The van der Waals surface area contributed by atoms with Crippen molar-refractivity contribution >= 4 is 5.91 Å². The summed E-state index contributed by atoms with van der Waals surface area (Å²) in [6.45, 7) is 4.18. The fraction of sp³-hybridized carbons (Fsp3) is 0.615. The monoisotopic (exact) mass is 409 g/mol. The Morgan fingerprint density at radius 3 is 2.07 bits per heavy atom. The summed E-state index contributed by atoms with van der Waals surface area (Å²) >= 11 is 0. The molecule has 0 aromatic heterocycles. The van der Waals surface area contributed by atoms with Crippen molar-refractivity contribution in [3.63, 3.8) is 0 Å². The fourth-order valence-electron chi connectivity index (χ4n) is 4.07. The summed E-state index contributed by atoms with van der Waals surface area (Å²) in [7, 11) is 0. The molecule has 2 N–H and O–H groups in total. The van der Waals surface area contributed by atoms with Gasteiger partial charge in [0.15, 0.2) is 0 Å². The Kier molecular flexibility index (Phi) is 11.1. The number of carbonyl (C=O) groups excluding carboxylic acids is 1. The minimum Gasteiger partial charge on any atom is -0.383 e. The van der Waals surface area contributed by atoms with Gasteiger partial charge in [0.25, 0.3) is 5.91 Å². The molecule has 2 rings (SSSR count). The Morgan fingerprint density at radius 2 is 1.57 bits per heavy atom. The molecule has 30 heavy (non-hydrogen) atoms. The summed E-state index contributed by atoms with van der Waals surface area (Å²) in [5, 5.41) is 15.9. The molecule has 1 aliphatic rings. The average Bonchev–Trinajstić information content (AvgIpc) is 2.76. The van der Waals surface area contributed by atoms with Gasteiger partial charge in [-0.3, -0.25) is 4.79 Å². The quantitative estimate of drug-likeness (QED) is 0.441. The van der Waals surface area contributed by atoms with Crippen LogP contribution in [0.3, 0.4) is 0 Å². The summed E-state index contributed by atoms with van der Waals surface area (Å²) in [5.74, 6) is -0.254. The van der Waals surface area contributed by atoms with Gasteiger partial charge in [0.1, 0.15) is 11.6 Å². The molecule has 0 radical (unpaired) electrons. The van der Waals surface area contributed by atoms with Crippen LogP contribution in [0.25, 0.3) is 0 Å². The third-order valence-electron chi connectivity index (χ3n) is 6.17. The lowest BCUT2D eigenvalue weighted by Crippen LogP contribution is -2.36. The van der Waals surface area contributed by atoms with E-state index in [9.17, 15) is 10.1 Å². The van der Waals surface area contributed by atoms with E-state index in [1.807, 2.05) is 6.92 Å². The molecule has 0 bridgehead atoms. The van der Waals surface area contributed by atoms with Crippen molar-refractivity contribution in [2.24, 2.45) is 0 Å². The summed E-state index contributed by atoms with van der Waals surface area (Å²) in [6, 6.07) is 10.7. The fourth-order valence-corrected chi connectivity index (χ4v) is 4.07. The van der Waals surface area contributed by atoms with Gasteiger partial charge in [0.05, 0.1) is 0 Å². The van der Waals surface area contributed by atoms with E-state index < -0.39 is 0 Å². The number of nitrogens with zero attached hydrogens (tertiary/aromatic N) is 1. The number of amides is 1. The van der Waals surface area contributed by atoms with Gasteiger partial charge in [0.2, 0.25) is 0 Å². The van der Waals surface area contributed by atoms with Crippen molar-refractivity contribution in [2.45, 2.75) is 103 Å². The average molecular weight is 410 g/mol. The van der Waals surface area contributed by atoms with Crippen LogP contribution < -0.4 is 10.6 Å². The minimum absolute atomic E-state index is 0.0356. The maximum atomic E-state index is 12.7. The maximum Gasteiger partial charge on any atom is 0.263 e. The highest BCUT2D eigenvalue weighted by atomic mass is 16.1. The van der Waals surface area contributed by atoms with Gasteiger partial charge in [-0.2, -0.15) is 5.26 Å². The number of aryl methyl sites for hydroxylation is 1. The molecular formula is C26H39N3O. The van der Waals surface area contributed by atoms with E-state index in [1.54, 1.807) is 6.20 Å². The standard InChI is InChI=1S/C26H39N3O/c1-3-22-15-17-23(18-16-22)21(2)28-20-24(19-27)26(30)29-25-13-11-9-7-5-4-6-8-10-12-14-25/h15-18,20-21,25,28H,3-14H2,1-2H3,(H,29,30)/b24-20-. The SMILES string of the molecule is CCc1ccc(C(C)N/C=C(/C#N)C(=O)NC2CCCCCCCCCCC2)cc1. The van der Waals surface area contributed by atoms with Gasteiger partial charge in [-0.1, -0.05) is 89.0 Å². The summed E-state index contributed by atoms with van der Waals surface area (Å²) in [5.41, 5.74) is 2.59. The van der Waals surface area contributed by atoms with Crippen molar-refractivity contribution in [2.75, 3.05) is 0 Å². The van der Waals surface area contributed by atoms with E-state index >= 15 is 0 Å². The van der Waals surface area contributed by atoms with Crippen LogP contribution in [0, 0.1) is 11.3 Å². The lowest BCUT2D eigenvalue weighted by Gasteiger charge is -2.19. The minimum atomic E-state index is -0.254. The second kappa shape index (κ2) is 13.9. The molecule has 1 aromatic carbocycles. The van der Waals surface area contributed by atoms with Crippen LogP contribution in [0.1, 0.15) is 102 Å². The van der Waals surface area contributed by atoms with E-state index in [0.717, 1.165) is 37.7 Å². The Balaban J connectivity index is 1.91. The topological polar surface area (TPSA) is 64.9 Å². The van der Waals surface area contributed by atoms with E-state index in [-0.39, 0.29) is 23.6 Å². The van der Waals surface area contributed by atoms with Gasteiger partial charge in [-0.05, 0) is 37.3 Å². The van der Waals surface area contributed by atoms with Crippen LogP contribution in [-0.2, 0) is 11.2 Å². The molecule has 0 spiro atoms. The van der Waals surface area contributed by atoms with Crippen molar-refractivity contribution in [1.29, 1.82) is 5.26 Å². The zero-order valence-electron chi connectivity index (χ0n) is 18.9. The van der Waals surface area contributed by atoms with Gasteiger partial charge >= 0.3 is 0 Å². The zero-order chi connectivity index (χ0) is 21.6. The predicted octanol–water partition coefficient (Wildman–Crippen LogP) is 6.10. The molecule has 1 amide bonds. The summed E-state index contributed by atoms with van der Waals surface area (Å²) < 4.78 is 0. The van der Waals surface area contributed by atoms with Gasteiger partial charge in [-0.15, -0.1) is 0 Å².